The van der Waals surface area contributed by atoms with Crippen molar-refractivity contribution in [1.29, 1.82) is 0 Å². The summed E-state index contributed by atoms with van der Waals surface area (Å²) in [5.41, 5.74) is 0.990. The molecule has 0 spiro atoms. The number of nitrogens with one attached hydrogen (secondary N) is 1. The zero-order valence-electron chi connectivity index (χ0n) is 17.5. The zero-order valence-corrected chi connectivity index (χ0v) is 19.2. The van der Waals surface area contributed by atoms with Gasteiger partial charge in [-0.2, -0.15) is 0 Å². The molecule has 0 aliphatic carbocycles. The van der Waals surface area contributed by atoms with E-state index in [0.717, 1.165) is 11.6 Å². The van der Waals surface area contributed by atoms with Gasteiger partial charge >= 0.3 is 0 Å². The number of rotatable bonds is 7. The molecule has 2 aromatic carbocycles. The molecule has 31 heavy (non-hydrogen) atoms. The number of aryl methyl sites for hydroxylation is 1. The summed E-state index contributed by atoms with van der Waals surface area (Å²) in [6.07, 6.45) is 0. The lowest BCUT2D eigenvalue weighted by molar-refractivity contribution is 0.281. The Labute approximate surface area is 182 Å². The minimum Gasteiger partial charge on any atom is -0.310 e. The third-order valence-corrected chi connectivity index (χ3v) is 9.76. The summed E-state index contributed by atoms with van der Waals surface area (Å²) in [6.45, 7) is 1.73. The Hall–Kier alpha value is -1.88. The number of hydrogen-bond donors (Lipinski definition) is 1. The number of sulfone groups is 2. The lowest BCUT2D eigenvalue weighted by atomic mass is 10.1. The highest BCUT2D eigenvalue weighted by Crippen LogP contribution is 2.28. The van der Waals surface area contributed by atoms with Gasteiger partial charge in [0.1, 0.15) is 11.6 Å². The molecule has 1 N–H and O–H groups in total. The first kappa shape index (κ1) is 23.8. The summed E-state index contributed by atoms with van der Waals surface area (Å²) in [4.78, 5) is 1.79. The molecule has 1 saturated heterocycles. The molecule has 0 aromatic heterocycles. The van der Waals surface area contributed by atoms with Gasteiger partial charge in [-0.25, -0.2) is 25.6 Å². The van der Waals surface area contributed by atoms with Crippen LogP contribution in [0.3, 0.4) is 0 Å². The van der Waals surface area contributed by atoms with Crippen molar-refractivity contribution < 1.29 is 25.6 Å². The van der Waals surface area contributed by atoms with Crippen molar-refractivity contribution in [1.82, 2.24) is 10.2 Å². The second-order valence-corrected chi connectivity index (χ2v) is 12.4. The Balaban J connectivity index is 1.86. The van der Waals surface area contributed by atoms with Gasteiger partial charge in [-0.1, -0.05) is 12.1 Å². The summed E-state index contributed by atoms with van der Waals surface area (Å²) in [5.74, 6) is -1.69. The van der Waals surface area contributed by atoms with Gasteiger partial charge in [-0.05, 0) is 62.5 Å². The van der Waals surface area contributed by atoms with Crippen LogP contribution in [0.4, 0.5) is 8.78 Å². The van der Waals surface area contributed by atoms with Gasteiger partial charge < -0.3 is 10.2 Å². The predicted molar refractivity (Wildman–Crippen MR) is 115 cm³/mol. The van der Waals surface area contributed by atoms with Crippen LogP contribution in [0.15, 0.2) is 47.4 Å². The minimum absolute atomic E-state index is 0.0944. The summed E-state index contributed by atoms with van der Waals surface area (Å²) < 4.78 is 77.9. The van der Waals surface area contributed by atoms with Gasteiger partial charge in [0.15, 0.2) is 19.7 Å². The van der Waals surface area contributed by atoms with E-state index in [-0.39, 0.29) is 34.6 Å². The van der Waals surface area contributed by atoms with E-state index in [9.17, 15) is 25.6 Å². The molecule has 1 unspecified atom stereocenters. The number of halogens is 2. The van der Waals surface area contributed by atoms with Crippen molar-refractivity contribution in [2.75, 3.05) is 32.1 Å². The standard InChI is InChI=1S/C21H26F2N2O4S2/c1-14-10-17(8-9-18(14)23)31(28,29)21-13-30(26,27)12-19(21)24-11-20(25(2)3)15-4-6-16(22)7-5-15/h4-10,19-21,24H,11-13H2,1-3H3/t19-,20?,21-/m0/s1. The fourth-order valence-corrected chi connectivity index (χ4v) is 8.63. The number of nitrogens with zero attached hydrogens (tertiary/aromatic N) is 1. The molecular weight excluding hydrogens is 446 g/mol. The molecular formula is C21H26F2N2O4S2. The predicted octanol–water partition coefficient (Wildman–Crippen LogP) is 2.11. The Morgan fingerprint density at radius 1 is 1.10 bits per heavy atom. The monoisotopic (exact) mass is 472 g/mol. The molecule has 1 aliphatic rings. The number of likely N-dealkylation sites (N-methyl/N-ethyl adjacent to an activating group) is 1. The molecule has 6 nitrogen and oxygen atoms in total. The average molecular weight is 473 g/mol. The molecule has 10 heteroatoms. The average Bonchev–Trinajstić information content (AvgIpc) is 3.00. The van der Waals surface area contributed by atoms with E-state index in [0.29, 0.717) is 0 Å². The fraction of sp³-hybridized carbons (Fsp3) is 0.429. The number of hydrogen-bond acceptors (Lipinski definition) is 6. The van der Waals surface area contributed by atoms with Gasteiger partial charge in [0.05, 0.1) is 21.7 Å². The van der Waals surface area contributed by atoms with Crippen LogP contribution in [-0.4, -0.2) is 65.2 Å². The number of benzene rings is 2. The van der Waals surface area contributed by atoms with Crippen LogP contribution in [0, 0.1) is 18.6 Å². The third kappa shape index (κ3) is 5.31. The molecule has 0 bridgehead atoms. The highest BCUT2D eigenvalue weighted by atomic mass is 32.2. The smallest absolute Gasteiger partial charge is 0.183 e. The van der Waals surface area contributed by atoms with Crippen LogP contribution >= 0.6 is 0 Å². The van der Waals surface area contributed by atoms with Crippen molar-refractivity contribution in [3.05, 3.63) is 65.2 Å². The van der Waals surface area contributed by atoms with Crippen LogP contribution in [0.2, 0.25) is 0 Å². The van der Waals surface area contributed by atoms with Gasteiger partial charge in [-0.15, -0.1) is 0 Å². The third-order valence-electron chi connectivity index (χ3n) is 5.61. The van der Waals surface area contributed by atoms with Gasteiger partial charge in [0, 0.05) is 18.6 Å². The topological polar surface area (TPSA) is 83.5 Å². The van der Waals surface area contributed by atoms with Crippen molar-refractivity contribution in [3.8, 4) is 0 Å². The highest BCUT2D eigenvalue weighted by molar-refractivity contribution is 7.96. The Morgan fingerprint density at radius 2 is 1.74 bits per heavy atom. The lowest BCUT2D eigenvalue weighted by Gasteiger charge is -2.28. The van der Waals surface area contributed by atoms with Gasteiger partial charge in [-0.3, -0.25) is 0 Å². The first-order valence-corrected chi connectivity index (χ1v) is 13.1. The maximum Gasteiger partial charge on any atom is 0.183 e. The van der Waals surface area contributed by atoms with Gasteiger partial charge in [0.25, 0.3) is 0 Å². The maximum atomic E-state index is 13.6. The largest absolute Gasteiger partial charge is 0.310 e. The second kappa shape index (κ2) is 8.93. The summed E-state index contributed by atoms with van der Waals surface area (Å²) in [7, 11) is -3.92. The minimum atomic E-state index is -4.01. The maximum absolute atomic E-state index is 13.6. The highest BCUT2D eigenvalue weighted by Gasteiger charge is 2.46. The van der Waals surface area contributed by atoms with Crippen molar-refractivity contribution in [3.63, 3.8) is 0 Å². The first-order valence-electron chi connectivity index (χ1n) is 9.76. The van der Waals surface area contributed by atoms with Crippen LogP contribution < -0.4 is 5.32 Å². The molecule has 0 saturated carbocycles. The summed E-state index contributed by atoms with van der Waals surface area (Å²) >= 11 is 0. The molecule has 170 valence electrons. The first-order chi connectivity index (χ1) is 14.4. The molecule has 2 aromatic rings. The molecule has 1 heterocycles. The van der Waals surface area contributed by atoms with Gasteiger partial charge in [0.2, 0.25) is 0 Å². The Bertz CT molecular complexity index is 1150. The fourth-order valence-electron chi connectivity index (χ4n) is 3.83. The van der Waals surface area contributed by atoms with Crippen LogP contribution in [0.1, 0.15) is 17.2 Å². The van der Waals surface area contributed by atoms with E-state index >= 15 is 0 Å². The summed E-state index contributed by atoms with van der Waals surface area (Å²) in [6, 6.07) is 8.40. The van der Waals surface area contributed by atoms with Crippen LogP contribution in [-0.2, 0) is 19.7 Å². The van der Waals surface area contributed by atoms with E-state index in [2.05, 4.69) is 5.32 Å². The lowest BCUT2D eigenvalue weighted by Crippen LogP contribution is -2.46. The molecule has 3 atom stereocenters. The van der Waals surface area contributed by atoms with E-state index in [4.69, 9.17) is 0 Å². The van der Waals surface area contributed by atoms with E-state index in [1.165, 1.54) is 31.2 Å². The molecule has 3 rings (SSSR count). The summed E-state index contributed by atoms with van der Waals surface area (Å²) in [5, 5.41) is 1.93. The van der Waals surface area contributed by atoms with Crippen LogP contribution in [0.25, 0.3) is 0 Å². The second-order valence-electron chi connectivity index (χ2n) is 8.12. The van der Waals surface area contributed by atoms with E-state index in [1.54, 1.807) is 12.1 Å². The quantitative estimate of drug-likeness (QED) is 0.622. The van der Waals surface area contributed by atoms with E-state index < -0.39 is 42.5 Å². The van der Waals surface area contributed by atoms with Crippen molar-refractivity contribution in [2.24, 2.45) is 0 Å². The van der Waals surface area contributed by atoms with Crippen molar-refractivity contribution >= 4 is 19.7 Å². The van der Waals surface area contributed by atoms with E-state index in [1.807, 2.05) is 19.0 Å². The Morgan fingerprint density at radius 3 is 2.32 bits per heavy atom. The Kier molecular flexibility index (Phi) is 6.85. The molecule has 0 radical (unpaired) electrons. The normalized spacial score (nSPS) is 22.0. The van der Waals surface area contributed by atoms with Crippen LogP contribution in [0.5, 0.6) is 0 Å². The van der Waals surface area contributed by atoms with Crippen molar-refractivity contribution in [2.45, 2.75) is 29.2 Å². The molecule has 1 fully saturated rings. The molecule has 1 aliphatic heterocycles. The molecule has 0 amide bonds. The zero-order chi connectivity index (χ0) is 23.0. The SMILES string of the molecule is Cc1cc(S(=O)(=O)[C@H]2CS(=O)(=O)C[C@@H]2NCC(c2ccc(F)cc2)N(C)C)ccc1F.